The van der Waals surface area contributed by atoms with Crippen LogP contribution < -0.4 is 5.32 Å². The van der Waals surface area contributed by atoms with Crippen LogP contribution in [-0.4, -0.2) is 36.1 Å². The van der Waals surface area contributed by atoms with E-state index in [1.807, 2.05) is 42.5 Å². The van der Waals surface area contributed by atoms with E-state index < -0.39 is 0 Å². The van der Waals surface area contributed by atoms with Gasteiger partial charge in [0, 0.05) is 31.8 Å². The van der Waals surface area contributed by atoms with E-state index in [1.54, 1.807) is 7.11 Å². The van der Waals surface area contributed by atoms with E-state index >= 15 is 0 Å². The van der Waals surface area contributed by atoms with E-state index in [0.29, 0.717) is 37.2 Å². The number of nitrogens with one attached hydrogen (secondary N) is 1. The number of carbonyl (C=O) groups is 1. The van der Waals surface area contributed by atoms with Crippen molar-refractivity contribution in [3.05, 3.63) is 88.6 Å². The molecule has 0 spiro atoms. The van der Waals surface area contributed by atoms with E-state index in [1.165, 1.54) is 11.8 Å². The number of methoxy groups -OCH3 is 1. The standard InChI is InChI=1S/C22H24ClN3O3/c1-28-12-11-24-22(27)20-16-29-21(25-20)15-26(13-17-5-3-2-4-6-17)14-18-7-9-19(23)10-8-18/h2-10,16H,11-15H2,1H3,(H,24,27). The zero-order chi connectivity index (χ0) is 20.5. The molecule has 0 aliphatic heterocycles. The number of carbonyl (C=O) groups excluding carboxylic acids is 1. The molecule has 2 aromatic carbocycles. The lowest BCUT2D eigenvalue weighted by Gasteiger charge is -2.21. The molecule has 152 valence electrons. The Morgan fingerprint density at radius 2 is 1.76 bits per heavy atom. The van der Waals surface area contributed by atoms with Crippen LogP contribution in [0.15, 0.2) is 65.3 Å². The molecule has 3 rings (SSSR count). The molecule has 1 N–H and O–H groups in total. The van der Waals surface area contributed by atoms with E-state index in [-0.39, 0.29) is 11.6 Å². The van der Waals surface area contributed by atoms with Crippen LogP contribution in [0.2, 0.25) is 5.02 Å². The smallest absolute Gasteiger partial charge is 0.273 e. The molecule has 0 atom stereocenters. The summed E-state index contributed by atoms with van der Waals surface area (Å²) < 4.78 is 10.5. The number of ether oxygens (including phenoxy) is 1. The molecule has 0 aliphatic carbocycles. The molecule has 1 aromatic heterocycles. The maximum atomic E-state index is 12.1. The van der Waals surface area contributed by atoms with Crippen LogP contribution in [0.1, 0.15) is 27.5 Å². The molecule has 0 aliphatic rings. The molecule has 0 bridgehead atoms. The second kappa shape index (κ2) is 10.8. The first kappa shape index (κ1) is 21.0. The van der Waals surface area contributed by atoms with Crippen LogP contribution in [-0.2, 0) is 24.4 Å². The molecule has 0 saturated heterocycles. The van der Waals surface area contributed by atoms with Gasteiger partial charge in [-0.3, -0.25) is 9.69 Å². The molecule has 0 saturated carbocycles. The van der Waals surface area contributed by atoms with Crippen LogP contribution >= 0.6 is 11.6 Å². The highest BCUT2D eigenvalue weighted by Gasteiger charge is 2.15. The Labute approximate surface area is 175 Å². The van der Waals surface area contributed by atoms with Crippen molar-refractivity contribution < 1.29 is 13.9 Å². The van der Waals surface area contributed by atoms with Gasteiger partial charge < -0.3 is 14.5 Å². The monoisotopic (exact) mass is 413 g/mol. The Hall–Kier alpha value is -2.67. The Morgan fingerprint density at radius 1 is 1.07 bits per heavy atom. The average molecular weight is 414 g/mol. The number of nitrogens with zero attached hydrogens (tertiary/aromatic N) is 2. The lowest BCUT2D eigenvalue weighted by Crippen LogP contribution is -2.27. The first-order valence-corrected chi connectivity index (χ1v) is 9.74. The van der Waals surface area contributed by atoms with Crippen molar-refractivity contribution in [2.24, 2.45) is 0 Å². The number of aromatic nitrogens is 1. The third-order valence-electron chi connectivity index (χ3n) is 4.30. The molecule has 1 amide bonds. The van der Waals surface area contributed by atoms with E-state index in [4.69, 9.17) is 20.8 Å². The third-order valence-corrected chi connectivity index (χ3v) is 4.56. The Balaban J connectivity index is 1.69. The summed E-state index contributed by atoms with van der Waals surface area (Å²) in [6.07, 6.45) is 1.39. The van der Waals surface area contributed by atoms with Gasteiger partial charge in [-0.15, -0.1) is 0 Å². The van der Waals surface area contributed by atoms with E-state index in [2.05, 4.69) is 27.3 Å². The number of hydrogen-bond donors (Lipinski definition) is 1. The van der Waals surface area contributed by atoms with Gasteiger partial charge in [0.1, 0.15) is 6.26 Å². The quantitative estimate of drug-likeness (QED) is 0.510. The molecule has 0 fully saturated rings. The molecule has 29 heavy (non-hydrogen) atoms. The zero-order valence-electron chi connectivity index (χ0n) is 16.3. The van der Waals surface area contributed by atoms with Crippen LogP contribution in [0.5, 0.6) is 0 Å². The number of oxazole rings is 1. The van der Waals surface area contributed by atoms with Gasteiger partial charge in [0.05, 0.1) is 13.2 Å². The minimum atomic E-state index is -0.274. The lowest BCUT2D eigenvalue weighted by molar-refractivity contribution is 0.0932. The Bertz CT molecular complexity index is 897. The van der Waals surface area contributed by atoms with Crippen molar-refractivity contribution >= 4 is 17.5 Å². The second-order valence-electron chi connectivity index (χ2n) is 6.63. The van der Waals surface area contributed by atoms with Gasteiger partial charge in [-0.1, -0.05) is 54.1 Å². The maximum Gasteiger partial charge on any atom is 0.273 e. The molecule has 0 radical (unpaired) electrons. The summed E-state index contributed by atoms with van der Waals surface area (Å²) in [5.74, 6) is 0.219. The van der Waals surface area contributed by atoms with Crippen LogP contribution in [0, 0.1) is 0 Å². The van der Waals surface area contributed by atoms with Crippen molar-refractivity contribution in [3.63, 3.8) is 0 Å². The fourth-order valence-electron chi connectivity index (χ4n) is 2.89. The van der Waals surface area contributed by atoms with Crippen molar-refractivity contribution in [2.75, 3.05) is 20.3 Å². The number of benzene rings is 2. The normalized spacial score (nSPS) is 11.0. The highest BCUT2D eigenvalue weighted by Crippen LogP contribution is 2.16. The fraction of sp³-hybridized carbons (Fsp3) is 0.273. The molecule has 6 nitrogen and oxygen atoms in total. The first-order chi connectivity index (χ1) is 14.1. The summed E-state index contributed by atoms with van der Waals surface area (Å²) >= 11 is 6.00. The minimum absolute atomic E-state index is 0.266. The third kappa shape index (κ3) is 6.71. The molecular formula is C22H24ClN3O3. The largest absolute Gasteiger partial charge is 0.447 e. The summed E-state index contributed by atoms with van der Waals surface area (Å²) in [7, 11) is 1.59. The SMILES string of the molecule is COCCNC(=O)c1coc(CN(Cc2ccccc2)Cc2ccc(Cl)cc2)n1. The number of rotatable bonds is 10. The van der Waals surface area contributed by atoms with Gasteiger partial charge in [0.25, 0.3) is 5.91 Å². The lowest BCUT2D eigenvalue weighted by atomic mass is 10.1. The summed E-state index contributed by atoms with van der Waals surface area (Å²) in [6, 6.07) is 18.0. The number of hydrogen-bond acceptors (Lipinski definition) is 5. The maximum absolute atomic E-state index is 12.1. The van der Waals surface area contributed by atoms with Crippen LogP contribution in [0.4, 0.5) is 0 Å². The van der Waals surface area contributed by atoms with Gasteiger partial charge in [0.2, 0.25) is 5.89 Å². The van der Waals surface area contributed by atoms with Gasteiger partial charge in [0.15, 0.2) is 5.69 Å². The summed E-state index contributed by atoms with van der Waals surface area (Å²) in [4.78, 5) is 18.7. The Morgan fingerprint density at radius 3 is 2.45 bits per heavy atom. The molecule has 1 heterocycles. The summed E-state index contributed by atoms with van der Waals surface area (Å²) in [5.41, 5.74) is 2.59. The summed E-state index contributed by atoms with van der Waals surface area (Å²) in [5, 5.41) is 3.45. The van der Waals surface area contributed by atoms with E-state index in [9.17, 15) is 4.79 Å². The van der Waals surface area contributed by atoms with Crippen LogP contribution in [0.25, 0.3) is 0 Å². The minimum Gasteiger partial charge on any atom is -0.447 e. The van der Waals surface area contributed by atoms with Gasteiger partial charge in [-0.25, -0.2) is 4.98 Å². The van der Waals surface area contributed by atoms with Gasteiger partial charge >= 0.3 is 0 Å². The van der Waals surface area contributed by atoms with Crippen molar-refractivity contribution in [1.29, 1.82) is 0 Å². The van der Waals surface area contributed by atoms with Gasteiger partial charge in [-0.2, -0.15) is 0 Å². The van der Waals surface area contributed by atoms with Crippen molar-refractivity contribution in [1.82, 2.24) is 15.2 Å². The van der Waals surface area contributed by atoms with Crippen LogP contribution in [0.3, 0.4) is 0 Å². The fourth-order valence-corrected chi connectivity index (χ4v) is 3.02. The zero-order valence-corrected chi connectivity index (χ0v) is 17.1. The highest BCUT2D eigenvalue weighted by atomic mass is 35.5. The molecule has 3 aromatic rings. The topological polar surface area (TPSA) is 67.6 Å². The van der Waals surface area contributed by atoms with Crippen molar-refractivity contribution in [3.8, 4) is 0 Å². The summed E-state index contributed by atoms with van der Waals surface area (Å²) in [6.45, 7) is 2.77. The first-order valence-electron chi connectivity index (χ1n) is 9.36. The molecule has 7 heteroatoms. The number of halogens is 1. The predicted molar refractivity (Wildman–Crippen MR) is 112 cm³/mol. The van der Waals surface area contributed by atoms with Gasteiger partial charge in [-0.05, 0) is 23.3 Å². The predicted octanol–water partition coefficient (Wildman–Crippen LogP) is 3.91. The molecule has 0 unspecified atom stereocenters. The highest BCUT2D eigenvalue weighted by molar-refractivity contribution is 6.30. The Kier molecular flexibility index (Phi) is 7.81. The van der Waals surface area contributed by atoms with Crippen molar-refractivity contribution in [2.45, 2.75) is 19.6 Å². The van der Waals surface area contributed by atoms with E-state index in [0.717, 1.165) is 12.1 Å². The number of amides is 1. The molecular weight excluding hydrogens is 390 g/mol. The second-order valence-corrected chi connectivity index (χ2v) is 7.07. The average Bonchev–Trinajstić information content (AvgIpc) is 3.19.